The van der Waals surface area contributed by atoms with E-state index in [1.807, 2.05) is 6.92 Å². The lowest BCUT2D eigenvalue weighted by Gasteiger charge is -2.29. The second-order valence-electron chi connectivity index (χ2n) is 4.35. The van der Waals surface area contributed by atoms with Crippen LogP contribution in [0.4, 0.5) is 0 Å². The second kappa shape index (κ2) is 3.62. The summed E-state index contributed by atoms with van der Waals surface area (Å²) in [4.78, 5) is 11.2. The monoisotopic (exact) mass is 219 g/mol. The van der Waals surface area contributed by atoms with Crippen molar-refractivity contribution in [2.45, 2.75) is 39.2 Å². The number of carbonyl (C=O) groups is 1. The van der Waals surface area contributed by atoms with Crippen LogP contribution in [0.5, 0.6) is 0 Å². The molecule has 1 fully saturated rings. The third kappa shape index (κ3) is 2.15. The van der Waals surface area contributed by atoms with Gasteiger partial charge in [-0.15, -0.1) is 0 Å². The number of Topliss-reactive ketones (excluding diaryl/α,β-unsaturated/α-hetero) is 1. The molecule has 0 N–H and O–H groups in total. The van der Waals surface area contributed by atoms with Crippen molar-refractivity contribution in [3.05, 3.63) is 0 Å². The molecule has 0 radical (unpaired) electrons. The summed E-state index contributed by atoms with van der Waals surface area (Å²) in [5, 5.41) is 0. The summed E-state index contributed by atoms with van der Waals surface area (Å²) in [6.45, 7) is 5.47. The Bertz CT molecular complexity index is 332. The third-order valence-corrected chi connectivity index (χ3v) is 4.64. The fourth-order valence-corrected chi connectivity index (χ4v) is 3.74. The molecule has 0 amide bonds. The minimum absolute atomic E-state index is 0.00896. The van der Waals surface area contributed by atoms with E-state index >= 15 is 0 Å². The van der Waals surface area contributed by atoms with Crippen molar-refractivity contribution in [3.8, 4) is 0 Å². The van der Waals surface area contributed by atoms with Gasteiger partial charge in [-0.3, -0.25) is 4.79 Å². The number of sulfonamides is 1. The van der Waals surface area contributed by atoms with E-state index in [0.717, 1.165) is 0 Å². The Morgan fingerprint density at radius 3 is 2.36 bits per heavy atom. The number of ketones is 1. The Balaban J connectivity index is 2.94. The van der Waals surface area contributed by atoms with Crippen LogP contribution in [0.2, 0.25) is 0 Å². The normalized spacial score (nSPS) is 22.9. The maximum absolute atomic E-state index is 11.8. The molecule has 0 atom stereocenters. The number of hydrogen-bond acceptors (Lipinski definition) is 3. The van der Waals surface area contributed by atoms with Gasteiger partial charge in [0.25, 0.3) is 0 Å². The Labute approximate surface area is 85.3 Å². The summed E-state index contributed by atoms with van der Waals surface area (Å²) < 4.78 is 24.9. The van der Waals surface area contributed by atoms with Gasteiger partial charge in [0.2, 0.25) is 10.0 Å². The summed E-state index contributed by atoms with van der Waals surface area (Å²) in [6, 6.07) is 0. The predicted molar refractivity (Wildman–Crippen MR) is 54.5 cm³/mol. The number of nitrogens with zero attached hydrogens (tertiary/aromatic N) is 1. The largest absolute Gasteiger partial charge is 0.298 e. The van der Waals surface area contributed by atoms with Crippen LogP contribution in [-0.2, 0) is 14.8 Å². The lowest BCUT2D eigenvalue weighted by molar-refractivity contribution is -0.116. The summed E-state index contributed by atoms with van der Waals surface area (Å²) in [5.74, 6) is 0.138. The maximum atomic E-state index is 11.8. The van der Waals surface area contributed by atoms with E-state index in [0.29, 0.717) is 12.8 Å². The molecule has 1 saturated heterocycles. The lowest BCUT2D eigenvalue weighted by Crippen LogP contribution is -2.43. The number of carbonyl (C=O) groups excluding carboxylic acids is 1. The van der Waals surface area contributed by atoms with Crippen LogP contribution in [0.15, 0.2) is 0 Å². The summed E-state index contributed by atoms with van der Waals surface area (Å²) in [6.07, 6.45) is 0.916. The molecule has 1 aliphatic rings. The minimum Gasteiger partial charge on any atom is -0.298 e. The Morgan fingerprint density at radius 2 is 2.00 bits per heavy atom. The maximum Gasteiger partial charge on any atom is 0.214 e. The average molecular weight is 219 g/mol. The molecule has 0 unspecified atom stereocenters. The van der Waals surface area contributed by atoms with Gasteiger partial charge in [0.1, 0.15) is 5.78 Å². The molecule has 0 aromatic rings. The highest BCUT2D eigenvalue weighted by Gasteiger charge is 2.43. The van der Waals surface area contributed by atoms with Crippen molar-refractivity contribution in [2.24, 2.45) is 0 Å². The molecule has 0 aliphatic carbocycles. The van der Waals surface area contributed by atoms with Gasteiger partial charge < -0.3 is 0 Å². The Hall–Kier alpha value is -0.420. The summed E-state index contributed by atoms with van der Waals surface area (Å²) in [7, 11) is -3.24. The van der Waals surface area contributed by atoms with Gasteiger partial charge in [0.15, 0.2) is 0 Å². The highest BCUT2D eigenvalue weighted by molar-refractivity contribution is 7.89. The molecule has 0 spiro atoms. The van der Waals surface area contributed by atoms with E-state index < -0.39 is 15.6 Å². The van der Waals surface area contributed by atoms with Crippen LogP contribution in [0.25, 0.3) is 0 Å². The molecule has 1 heterocycles. The van der Waals surface area contributed by atoms with Gasteiger partial charge in [-0.05, 0) is 20.3 Å². The van der Waals surface area contributed by atoms with Crippen LogP contribution < -0.4 is 0 Å². The van der Waals surface area contributed by atoms with E-state index in [-0.39, 0.29) is 18.1 Å². The second-order valence-corrected chi connectivity index (χ2v) is 6.36. The minimum atomic E-state index is -3.24. The van der Waals surface area contributed by atoms with Gasteiger partial charge in [0.05, 0.1) is 12.3 Å². The Morgan fingerprint density at radius 1 is 1.43 bits per heavy atom. The molecule has 4 nitrogen and oxygen atoms in total. The molecule has 14 heavy (non-hydrogen) atoms. The highest BCUT2D eigenvalue weighted by atomic mass is 32.2. The van der Waals surface area contributed by atoms with E-state index in [9.17, 15) is 13.2 Å². The topological polar surface area (TPSA) is 54.5 Å². The van der Waals surface area contributed by atoms with Gasteiger partial charge in [-0.2, -0.15) is 4.31 Å². The smallest absolute Gasteiger partial charge is 0.214 e. The molecule has 82 valence electrons. The van der Waals surface area contributed by atoms with Crippen LogP contribution >= 0.6 is 0 Å². The third-order valence-electron chi connectivity index (χ3n) is 2.42. The van der Waals surface area contributed by atoms with Gasteiger partial charge >= 0.3 is 0 Å². The van der Waals surface area contributed by atoms with Crippen molar-refractivity contribution in [1.82, 2.24) is 4.31 Å². The van der Waals surface area contributed by atoms with Gasteiger partial charge in [0, 0.05) is 12.0 Å². The zero-order valence-electron chi connectivity index (χ0n) is 8.91. The van der Waals surface area contributed by atoms with E-state index in [1.54, 1.807) is 13.8 Å². The van der Waals surface area contributed by atoms with E-state index in [1.165, 1.54) is 4.31 Å². The molecular weight excluding hydrogens is 202 g/mol. The molecule has 1 rings (SSSR count). The summed E-state index contributed by atoms with van der Waals surface area (Å²) in [5.41, 5.74) is -0.537. The fourth-order valence-electron chi connectivity index (χ4n) is 1.84. The van der Waals surface area contributed by atoms with Crippen molar-refractivity contribution in [3.63, 3.8) is 0 Å². The molecular formula is C9H17NO3S. The van der Waals surface area contributed by atoms with E-state index in [4.69, 9.17) is 0 Å². The fraction of sp³-hybridized carbons (Fsp3) is 0.889. The van der Waals surface area contributed by atoms with Crippen molar-refractivity contribution < 1.29 is 13.2 Å². The highest BCUT2D eigenvalue weighted by Crippen LogP contribution is 2.29. The zero-order chi connectivity index (χ0) is 11.0. The quantitative estimate of drug-likeness (QED) is 0.705. The SMILES string of the molecule is CCCS(=O)(=O)N1CC(=O)CC1(C)C. The molecule has 0 saturated carbocycles. The molecule has 0 bridgehead atoms. The van der Waals surface area contributed by atoms with E-state index in [2.05, 4.69) is 0 Å². The summed E-state index contributed by atoms with van der Waals surface area (Å²) >= 11 is 0. The first-order valence-corrected chi connectivity index (χ1v) is 6.43. The lowest BCUT2D eigenvalue weighted by atomic mass is 10.0. The first kappa shape index (κ1) is 11.7. The van der Waals surface area contributed by atoms with Gasteiger partial charge in [-0.25, -0.2) is 8.42 Å². The average Bonchev–Trinajstić information content (AvgIpc) is 2.24. The molecule has 5 heteroatoms. The van der Waals surface area contributed by atoms with Crippen LogP contribution in [0.1, 0.15) is 33.6 Å². The van der Waals surface area contributed by atoms with Crippen molar-refractivity contribution in [1.29, 1.82) is 0 Å². The van der Waals surface area contributed by atoms with Crippen molar-refractivity contribution in [2.75, 3.05) is 12.3 Å². The van der Waals surface area contributed by atoms with Crippen LogP contribution in [0.3, 0.4) is 0 Å². The Kier molecular flexibility index (Phi) is 3.02. The van der Waals surface area contributed by atoms with Crippen LogP contribution in [0, 0.1) is 0 Å². The van der Waals surface area contributed by atoms with Gasteiger partial charge in [-0.1, -0.05) is 6.92 Å². The predicted octanol–water partition coefficient (Wildman–Crippen LogP) is 0.780. The molecule has 1 aliphatic heterocycles. The van der Waals surface area contributed by atoms with Crippen LogP contribution in [-0.4, -0.2) is 36.3 Å². The number of rotatable bonds is 3. The van der Waals surface area contributed by atoms with Crippen molar-refractivity contribution >= 4 is 15.8 Å². The first-order valence-electron chi connectivity index (χ1n) is 4.82. The number of hydrogen-bond donors (Lipinski definition) is 0. The molecule has 0 aromatic carbocycles. The zero-order valence-corrected chi connectivity index (χ0v) is 9.73. The standard InChI is InChI=1S/C9H17NO3S/c1-4-5-14(12,13)10-7-8(11)6-9(10,2)3/h4-7H2,1-3H3. The molecule has 0 aromatic heterocycles. The first-order chi connectivity index (χ1) is 6.29.